The van der Waals surface area contributed by atoms with Crippen LogP contribution in [0.25, 0.3) is 0 Å². The first-order valence-corrected chi connectivity index (χ1v) is 10.2. The molecule has 0 atom stereocenters. The Morgan fingerprint density at radius 3 is 2.39 bits per heavy atom. The number of amides is 2. The highest BCUT2D eigenvalue weighted by Crippen LogP contribution is 2.30. The quantitative estimate of drug-likeness (QED) is 0.786. The number of nitrogens with one attached hydrogen (secondary N) is 1. The van der Waals surface area contributed by atoms with E-state index in [0.717, 1.165) is 30.7 Å². The third-order valence-corrected chi connectivity index (χ3v) is 5.99. The van der Waals surface area contributed by atoms with Crippen LogP contribution >= 0.6 is 11.6 Å². The van der Waals surface area contributed by atoms with E-state index in [4.69, 9.17) is 11.6 Å². The average molecular weight is 429 g/mol. The highest BCUT2D eigenvalue weighted by Gasteiger charge is 2.26. The molecule has 148 valence electrons. The molecule has 2 amide bonds. The van der Waals surface area contributed by atoms with Gasteiger partial charge in [0.15, 0.2) is 0 Å². The molecule has 6 nitrogen and oxygen atoms in total. The van der Waals surface area contributed by atoms with Crippen LogP contribution in [0.15, 0.2) is 47.4 Å². The first-order valence-electron chi connectivity index (χ1n) is 8.23. The zero-order valence-electron chi connectivity index (χ0n) is 14.4. The van der Waals surface area contributed by atoms with Crippen molar-refractivity contribution in [3.05, 3.63) is 53.1 Å². The van der Waals surface area contributed by atoms with Gasteiger partial charge in [0.25, 0.3) is 5.91 Å². The lowest BCUT2D eigenvalue weighted by Gasteiger charge is -2.17. The summed E-state index contributed by atoms with van der Waals surface area (Å²) < 4.78 is 48.0. The summed E-state index contributed by atoms with van der Waals surface area (Å²) in [5.74, 6) is -4.16. The van der Waals surface area contributed by atoms with Crippen LogP contribution in [-0.4, -0.2) is 32.5 Å². The predicted octanol–water partition coefficient (Wildman–Crippen LogP) is 3.72. The summed E-state index contributed by atoms with van der Waals surface area (Å²) in [5, 5.41) is 2.83. The maximum Gasteiger partial charge on any atom is 0.341 e. The van der Waals surface area contributed by atoms with Crippen LogP contribution in [0.2, 0.25) is 5.02 Å². The van der Waals surface area contributed by atoms with Gasteiger partial charge in [-0.1, -0.05) is 11.6 Å². The summed E-state index contributed by atoms with van der Waals surface area (Å²) in [6, 6.07) is 8.94. The van der Waals surface area contributed by atoms with Crippen LogP contribution in [0.5, 0.6) is 0 Å². The number of sulfone groups is 1. The molecule has 2 aromatic rings. The maximum atomic E-state index is 12.6. The number of rotatable bonds is 5. The molecule has 2 aromatic carbocycles. The molecule has 0 spiro atoms. The largest absolute Gasteiger partial charge is 0.341 e. The number of anilines is 2. The van der Waals surface area contributed by atoms with Gasteiger partial charge in [-0.15, -0.1) is 0 Å². The Kier molecular flexibility index (Phi) is 5.66. The fraction of sp³-hybridized carbons (Fsp3) is 0.222. The highest BCUT2D eigenvalue weighted by molar-refractivity contribution is 7.91. The Labute approximate surface area is 165 Å². The van der Waals surface area contributed by atoms with Crippen molar-refractivity contribution in [2.75, 3.05) is 16.8 Å². The summed E-state index contributed by atoms with van der Waals surface area (Å²) in [4.78, 5) is 25.3. The topological polar surface area (TPSA) is 83.6 Å². The van der Waals surface area contributed by atoms with Crippen LogP contribution in [0, 0.1) is 0 Å². The first-order chi connectivity index (χ1) is 13.2. The third kappa shape index (κ3) is 4.00. The third-order valence-electron chi connectivity index (χ3n) is 4.26. The van der Waals surface area contributed by atoms with Crippen LogP contribution in [-0.2, 0) is 14.6 Å². The smallest absolute Gasteiger partial charge is 0.321 e. The van der Waals surface area contributed by atoms with Crippen LogP contribution in [0.4, 0.5) is 20.2 Å². The van der Waals surface area contributed by atoms with Crippen molar-refractivity contribution < 1.29 is 26.8 Å². The summed E-state index contributed by atoms with van der Waals surface area (Å²) >= 11 is 6.11. The predicted molar refractivity (Wildman–Crippen MR) is 101 cm³/mol. The van der Waals surface area contributed by atoms with E-state index in [1.54, 1.807) is 23.1 Å². The Balaban J connectivity index is 1.80. The summed E-state index contributed by atoms with van der Waals surface area (Å²) in [6.07, 6.45) is 1.20. The summed E-state index contributed by atoms with van der Waals surface area (Å²) in [7, 11) is -4.73. The van der Waals surface area contributed by atoms with Gasteiger partial charge in [0.05, 0.1) is 15.6 Å². The fourth-order valence-corrected chi connectivity index (χ4v) is 3.68. The Bertz CT molecular complexity index is 1030. The molecular weight excluding hydrogens is 414 g/mol. The number of halogens is 3. The molecule has 1 N–H and O–H groups in total. The normalized spacial score (nSPS) is 14.6. The van der Waals surface area contributed by atoms with E-state index in [0.29, 0.717) is 18.7 Å². The zero-order valence-corrected chi connectivity index (χ0v) is 15.9. The van der Waals surface area contributed by atoms with Crippen LogP contribution in [0.3, 0.4) is 0 Å². The zero-order chi connectivity index (χ0) is 20.5. The van der Waals surface area contributed by atoms with Crippen molar-refractivity contribution in [2.45, 2.75) is 23.5 Å². The van der Waals surface area contributed by atoms with E-state index < -0.39 is 26.4 Å². The monoisotopic (exact) mass is 428 g/mol. The Hall–Kier alpha value is -2.52. The molecule has 3 rings (SSSR count). The number of alkyl halides is 2. The lowest BCUT2D eigenvalue weighted by Crippen LogP contribution is -2.23. The van der Waals surface area contributed by atoms with Crippen molar-refractivity contribution >= 4 is 44.6 Å². The minimum Gasteiger partial charge on any atom is -0.321 e. The SMILES string of the molecule is O=C(Nc1cc(N2CCCC2=O)ccc1Cl)c1ccc(S(=O)(=O)C(F)F)cc1. The fourth-order valence-electron chi connectivity index (χ4n) is 2.79. The van der Waals surface area contributed by atoms with E-state index in [9.17, 15) is 26.8 Å². The minimum absolute atomic E-state index is 0.0181. The number of carbonyl (C=O) groups is 2. The van der Waals surface area contributed by atoms with Gasteiger partial charge in [0, 0.05) is 24.2 Å². The molecule has 1 aliphatic heterocycles. The summed E-state index contributed by atoms with van der Waals surface area (Å²) in [5.41, 5.74) is 0.931. The molecule has 0 aliphatic carbocycles. The van der Waals surface area contributed by atoms with Crippen molar-refractivity contribution in [1.29, 1.82) is 0 Å². The number of benzene rings is 2. The second-order valence-corrected chi connectivity index (χ2v) is 8.42. The second-order valence-electron chi connectivity index (χ2n) is 6.10. The average Bonchev–Trinajstić information content (AvgIpc) is 3.09. The number of hydrogen-bond acceptors (Lipinski definition) is 4. The van der Waals surface area contributed by atoms with Gasteiger partial charge in [0.2, 0.25) is 15.7 Å². The van der Waals surface area contributed by atoms with Gasteiger partial charge in [-0.25, -0.2) is 8.42 Å². The molecular formula is C18H15ClF2N2O4S. The molecule has 0 saturated carbocycles. The Morgan fingerprint density at radius 2 is 1.82 bits per heavy atom. The van der Waals surface area contributed by atoms with E-state index in [1.807, 2.05) is 0 Å². The van der Waals surface area contributed by atoms with Gasteiger partial charge in [0.1, 0.15) is 0 Å². The van der Waals surface area contributed by atoms with Crippen molar-refractivity contribution in [3.8, 4) is 0 Å². The molecule has 1 heterocycles. The van der Waals surface area contributed by atoms with Crippen molar-refractivity contribution in [3.63, 3.8) is 0 Å². The minimum atomic E-state index is -4.73. The number of hydrogen-bond donors (Lipinski definition) is 1. The number of carbonyl (C=O) groups excluding carboxylic acids is 2. The van der Waals surface area contributed by atoms with Gasteiger partial charge in [-0.05, 0) is 48.9 Å². The van der Waals surface area contributed by atoms with E-state index >= 15 is 0 Å². The first kappa shape index (κ1) is 20.2. The number of nitrogens with zero attached hydrogens (tertiary/aromatic N) is 1. The molecule has 1 fully saturated rings. The van der Waals surface area contributed by atoms with E-state index in [1.165, 1.54) is 0 Å². The second kappa shape index (κ2) is 7.84. The molecule has 28 heavy (non-hydrogen) atoms. The summed E-state index contributed by atoms with van der Waals surface area (Å²) in [6.45, 7) is 0.577. The Morgan fingerprint density at radius 1 is 1.14 bits per heavy atom. The molecule has 0 unspecified atom stereocenters. The van der Waals surface area contributed by atoms with Gasteiger partial charge in [-0.2, -0.15) is 8.78 Å². The van der Waals surface area contributed by atoms with Crippen LogP contribution in [0.1, 0.15) is 23.2 Å². The van der Waals surface area contributed by atoms with E-state index in [2.05, 4.69) is 5.32 Å². The molecule has 10 heteroatoms. The molecule has 1 saturated heterocycles. The molecule has 0 bridgehead atoms. The molecule has 0 radical (unpaired) electrons. The van der Waals surface area contributed by atoms with Crippen LogP contribution < -0.4 is 10.2 Å². The van der Waals surface area contributed by atoms with Crippen molar-refractivity contribution in [1.82, 2.24) is 0 Å². The lowest BCUT2D eigenvalue weighted by molar-refractivity contribution is -0.117. The standard InChI is InChI=1S/C18H15ClF2N2O4S/c19-14-8-5-12(23-9-1-2-16(23)24)10-15(14)22-17(25)11-3-6-13(7-4-11)28(26,27)18(20)21/h3-8,10,18H,1-2,9H2,(H,22,25). The van der Waals surface area contributed by atoms with Gasteiger partial charge in [-0.3, -0.25) is 9.59 Å². The van der Waals surface area contributed by atoms with Gasteiger partial charge >= 0.3 is 5.76 Å². The highest BCUT2D eigenvalue weighted by atomic mass is 35.5. The molecule has 0 aromatic heterocycles. The molecule has 1 aliphatic rings. The van der Waals surface area contributed by atoms with Gasteiger partial charge < -0.3 is 10.2 Å². The van der Waals surface area contributed by atoms with Crippen molar-refractivity contribution in [2.24, 2.45) is 0 Å². The maximum absolute atomic E-state index is 12.6. The lowest BCUT2D eigenvalue weighted by atomic mass is 10.2. The van der Waals surface area contributed by atoms with E-state index in [-0.39, 0.29) is 22.2 Å².